The van der Waals surface area contributed by atoms with Crippen molar-refractivity contribution >= 4 is 5.82 Å². The van der Waals surface area contributed by atoms with E-state index in [9.17, 15) is 0 Å². The highest BCUT2D eigenvalue weighted by Gasteiger charge is 2.41. The quantitative estimate of drug-likeness (QED) is 0.760. The molecule has 0 spiro atoms. The van der Waals surface area contributed by atoms with E-state index in [4.69, 9.17) is 24.9 Å². The third-order valence-corrected chi connectivity index (χ3v) is 6.21. The SMILES string of the molecule is COC1CC(Oc2cccc([N+]3(C4CCCCC4)C=C(CN)C=CC3)n2)CO1. The molecule has 28 heavy (non-hydrogen) atoms. The van der Waals surface area contributed by atoms with Crippen LogP contribution in [-0.4, -0.2) is 50.2 Å². The van der Waals surface area contributed by atoms with Crippen LogP contribution in [-0.2, 0) is 9.47 Å². The number of methoxy groups -OCH3 is 1. The van der Waals surface area contributed by atoms with Crippen LogP contribution in [0.5, 0.6) is 5.88 Å². The van der Waals surface area contributed by atoms with E-state index in [1.165, 1.54) is 37.7 Å². The first-order chi connectivity index (χ1) is 13.7. The van der Waals surface area contributed by atoms with Crippen molar-refractivity contribution in [2.45, 2.75) is 57.0 Å². The predicted molar refractivity (Wildman–Crippen MR) is 110 cm³/mol. The summed E-state index contributed by atoms with van der Waals surface area (Å²) in [4.78, 5) is 4.96. The Hall–Kier alpha value is -1.73. The molecule has 6 nitrogen and oxygen atoms in total. The number of hydrogen-bond donors (Lipinski definition) is 1. The van der Waals surface area contributed by atoms with E-state index in [1.807, 2.05) is 6.07 Å². The lowest BCUT2D eigenvalue weighted by Gasteiger charge is -2.43. The average molecular weight is 387 g/mol. The number of aromatic nitrogens is 1. The molecule has 4 rings (SSSR count). The van der Waals surface area contributed by atoms with Crippen LogP contribution in [0.3, 0.4) is 0 Å². The van der Waals surface area contributed by atoms with Gasteiger partial charge >= 0.3 is 0 Å². The zero-order valence-corrected chi connectivity index (χ0v) is 16.8. The van der Waals surface area contributed by atoms with Crippen LogP contribution in [0.1, 0.15) is 38.5 Å². The molecule has 1 saturated carbocycles. The minimum Gasteiger partial charge on any atom is -0.472 e. The summed E-state index contributed by atoms with van der Waals surface area (Å²) in [5.74, 6) is 1.70. The van der Waals surface area contributed by atoms with E-state index in [0.29, 0.717) is 25.1 Å². The van der Waals surface area contributed by atoms with Gasteiger partial charge in [-0.3, -0.25) is 0 Å². The molecule has 1 aromatic rings. The Morgan fingerprint density at radius 2 is 2.11 bits per heavy atom. The summed E-state index contributed by atoms with van der Waals surface area (Å²) in [6.45, 7) is 2.01. The summed E-state index contributed by atoms with van der Waals surface area (Å²) in [5, 5.41) is 0. The molecule has 3 heterocycles. The van der Waals surface area contributed by atoms with Gasteiger partial charge in [0.2, 0.25) is 11.7 Å². The van der Waals surface area contributed by atoms with Gasteiger partial charge < -0.3 is 19.9 Å². The highest BCUT2D eigenvalue weighted by Crippen LogP contribution is 2.37. The van der Waals surface area contributed by atoms with Crippen LogP contribution in [0.15, 0.2) is 42.1 Å². The number of rotatable bonds is 6. The molecule has 3 aliphatic rings. The van der Waals surface area contributed by atoms with Crippen molar-refractivity contribution in [2.75, 3.05) is 26.8 Å². The van der Waals surface area contributed by atoms with Crippen LogP contribution in [0.25, 0.3) is 0 Å². The fraction of sp³-hybridized carbons (Fsp3) is 0.591. The number of pyridine rings is 1. The molecule has 1 saturated heterocycles. The minimum absolute atomic E-state index is 0.0211. The second-order valence-corrected chi connectivity index (χ2v) is 8.02. The average Bonchev–Trinajstić information content (AvgIpc) is 3.22. The number of hydrogen-bond acceptors (Lipinski definition) is 5. The van der Waals surface area contributed by atoms with Gasteiger partial charge in [0.25, 0.3) is 0 Å². The van der Waals surface area contributed by atoms with Gasteiger partial charge in [-0.2, -0.15) is 4.98 Å². The standard InChI is InChI=1S/C22H32N3O3/c1-26-22-13-19(16-27-22)28-21-11-5-10-20(24-21)25(18-8-3-2-4-9-18)12-6-7-17(14-23)15-25/h5-7,10-11,15,18-19,22H,2-4,8-9,12-14,16,23H2,1H3/q+1. The Labute approximate surface area is 167 Å². The number of nitrogens with zero attached hydrogens (tertiary/aromatic N) is 2. The molecule has 3 atom stereocenters. The Bertz CT molecular complexity index is 729. The molecule has 6 heteroatoms. The highest BCUT2D eigenvalue weighted by molar-refractivity contribution is 5.46. The molecule has 2 N–H and O–H groups in total. The van der Waals surface area contributed by atoms with E-state index in [0.717, 1.165) is 23.3 Å². The maximum Gasteiger partial charge on any atom is 0.235 e. The molecule has 152 valence electrons. The number of nitrogens with two attached hydrogens (primary N) is 1. The van der Waals surface area contributed by atoms with Crippen molar-refractivity contribution in [1.82, 2.24) is 9.47 Å². The monoisotopic (exact) mass is 386 g/mol. The zero-order chi connectivity index (χ0) is 19.4. The number of ether oxygens (including phenoxy) is 3. The van der Waals surface area contributed by atoms with E-state index in [-0.39, 0.29) is 12.4 Å². The van der Waals surface area contributed by atoms with Gasteiger partial charge in [0.1, 0.15) is 18.8 Å². The Morgan fingerprint density at radius 1 is 1.25 bits per heavy atom. The van der Waals surface area contributed by atoms with Crippen molar-refractivity contribution in [3.8, 4) is 5.88 Å². The van der Waals surface area contributed by atoms with E-state index in [2.05, 4.69) is 30.5 Å². The molecule has 0 amide bonds. The Balaban J connectivity index is 1.62. The lowest BCUT2D eigenvalue weighted by Crippen LogP contribution is -2.55. The first-order valence-corrected chi connectivity index (χ1v) is 10.5. The summed E-state index contributed by atoms with van der Waals surface area (Å²) < 4.78 is 17.7. The smallest absolute Gasteiger partial charge is 0.235 e. The van der Waals surface area contributed by atoms with Crippen molar-refractivity contribution in [2.24, 2.45) is 5.73 Å². The third kappa shape index (κ3) is 4.01. The fourth-order valence-electron chi connectivity index (χ4n) is 4.72. The maximum absolute atomic E-state index is 6.13. The van der Waals surface area contributed by atoms with Gasteiger partial charge in [0.05, 0.1) is 12.6 Å². The van der Waals surface area contributed by atoms with Gasteiger partial charge in [-0.1, -0.05) is 12.5 Å². The molecular formula is C22H32N3O3+. The molecule has 2 aliphatic heterocycles. The van der Waals surface area contributed by atoms with Gasteiger partial charge in [-0.05, 0) is 25.0 Å². The van der Waals surface area contributed by atoms with Crippen LogP contribution in [0.4, 0.5) is 5.82 Å². The Kier molecular flexibility index (Phi) is 6.11. The third-order valence-electron chi connectivity index (χ3n) is 6.21. The van der Waals surface area contributed by atoms with Crippen LogP contribution < -0.4 is 15.0 Å². The zero-order valence-electron chi connectivity index (χ0n) is 16.8. The maximum atomic E-state index is 6.13. The lowest BCUT2D eigenvalue weighted by molar-refractivity contribution is -0.0882. The molecule has 3 unspecified atom stereocenters. The lowest BCUT2D eigenvalue weighted by atomic mass is 9.91. The largest absolute Gasteiger partial charge is 0.472 e. The minimum atomic E-state index is -0.184. The van der Waals surface area contributed by atoms with Crippen molar-refractivity contribution < 1.29 is 14.2 Å². The molecule has 1 aliphatic carbocycles. The molecule has 2 fully saturated rings. The molecule has 1 aromatic heterocycles. The normalized spacial score (nSPS) is 31.0. The van der Waals surface area contributed by atoms with Crippen LogP contribution >= 0.6 is 0 Å². The van der Waals surface area contributed by atoms with Crippen molar-refractivity contribution in [3.05, 3.63) is 42.1 Å². The summed E-state index contributed by atoms with van der Waals surface area (Å²) in [5.41, 5.74) is 7.17. The fourth-order valence-corrected chi connectivity index (χ4v) is 4.72. The molecule has 0 aromatic carbocycles. The van der Waals surface area contributed by atoms with Crippen LogP contribution in [0, 0.1) is 0 Å². The summed E-state index contributed by atoms with van der Waals surface area (Å²) in [6.07, 6.45) is 13.6. The summed E-state index contributed by atoms with van der Waals surface area (Å²) >= 11 is 0. The van der Waals surface area contributed by atoms with E-state index < -0.39 is 0 Å². The van der Waals surface area contributed by atoms with Gasteiger partial charge in [0.15, 0.2) is 6.29 Å². The van der Waals surface area contributed by atoms with Gasteiger partial charge in [-0.25, -0.2) is 4.48 Å². The van der Waals surface area contributed by atoms with E-state index in [1.54, 1.807) is 7.11 Å². The second kappa shape index (κ2) is 8.74. The van der Waals surface area contributed by atoms with Crippen molar-refractivity contribution in [3.63, 3.8) is 0 Å². The van der Waals surface area contributed by atoms with Crippen LogP contribution in [0.2, 0.25) is 0 Å². The first-order valence-electron chi connectivity index (χ1n) is 10.5. The van der Waals surface area contributed by atoms with Crippen molar-refractivity contribution in [1.29, 1.82) is 0 Å². The molecule has 0 bridgehead atoms. The highest BCUT2D eigenvalue weighted by atomic mass is 16.7. The van der Waals surface area contributed by atoms with Gasteiger partial charge in [0, 0.05) is 50.6 Å². The second-order valence-electron chi connectivity index (χ2n) is 8.02. The number of quaternary nitrogens is 1. The summed E-state index contributed by atoms with van der Waals surface area (Å²) in [6, 6.07) is 6.66. The molecular weight excluding hydrogens is 354 g/mol. The predicted octanol–water partition coefficient (Wildman–Crippen LogP) is 3.27. The first kappa shape index (κ1) is 19.6. The summed E-state index contributed by atoms with van der Waals surface area (Å²) in [7, 11) is 1.66. The van der Waals surface area contributed by atoms with E-state index >= 15 is 0 Å². The topological polar surface area (TPSA) is 66.6 Å². The molecule has 0 radical (unpaired) electrons. The van der Waals surface area contributed by atoms with Gasteiger partial charge in [-0.15, -0.1) is 0 Å². The Morgan fingerprint density at radius 3 is 2.86 bits per heavy atom.